The predicted molar refractivity (Wildman–Crippen MR) is 61.0 cm³/mol. The Hall–Kier alpha value is -2.11. The predicted octanol–water partition coefficient (Wildman–Crippen LogP) is 0.375. The zero-order chi connectivity index (χ0) is 12.4. The normalized spacial score (nSPS) is 10.7. The molecule has 0 amide bonds. The van der Waals surface area contributed by atoms with Crippen LogP contribution in [0.3, 0.4) is 0 Å². The minimum absolute atomic E-state index is 0.110. The molecule has 6 nitrogen and oxygen atoms in total. The van der Waals surface area contributed by atoms with E-state index in [2.05, 4.69) is 5.16 Å². The van der Waals surface area contributed by atoms with Gasteiger partial charge in [-0.1, -0.05) is 5.16 Å². The van der Waals surface area contributed by atoms with Gasteiger partial charge in [0.15, 0.2) is 5.76 Å². The molecule has 2 aromatic heterocycles. The van der Waals surface area contributed by atoms with Crippen molar-refractivity contribution in [2.45, 2.75) is 26.9 Å². The Kier molecular flexibility index (Phi) is 2.95. The Balaban J connectivity index is 2.45. The summed E-state index contributed by atoms with van der Waals surface area (Å²) >= 11 is 0. The zero-order valence-corrected chi connectivity index (χ0v) is 9.71. The van der Waals surface area contributed by atoms with Crippen LogP contribution in [0.25, 0.3) is 0 Å². The van der Waals surface area contributed by atoms with Crippen LogP contribution in [-0.2, 0) is 13.1 Å². The topological polar surface area (TPSA) is 70.0 Å². The maximum Gasteiger partial charge on any atom is 0.331 e. The molecule has 0 aliphatic carbocycles. The Labute approximate surface area is 97.1 Å². The number of rotatable bonds is 3. The zero-order valence-electron chi connectivity index (χ0n) is 9.71. The van der Waals surface area contributed by atoms with Gasteiger partial charge in [0.1, 0.15) is 0 Å². The lowest BCUT2D eigenvalue weighted by atomic mass is 10.4. The molecule has 0 spiro atoms. The van der Waals surface area contributed by atoms with Crippen LogP contribution in [0.15, 0.2) is 32.4 Å². The van der Waals surface area contributed by atoms with Gasteiger partial charge in [-0.3, -0.25) is 9.36 Å². The van der Waals surface area contributed by atoms with Crippen molar-refractivity contribution in [2.75, 3.05) is 0 Å². The highest BCUT2D eigenvalue weighted by atomic mass is 16.5. The van der Waals surface area contributed by atoms with Crippen LogP contribution in [0.1, 0.15) is 18.4 Å². The van der Waals surface area contributed by atoms with Gasteiger partial charge in [-0.15, -0.1) is 0 Å². The minimum atomic E-state index is -0.339. The summed E-state index contributed by atoms with van der Waals surface area (Å²) in [5.74, 6) is 0.496. The number of hydrogen-bond donors (Lipinski definition) is 0. The molecule has 90 valence electrons. The van der Waals surface area contributed by atoms with Gasteiger partial charge in [0, 0.05) is 24.9 Å². The van der Waals surface area contributed by atoms with E-state index in [1.165, 1.54) is 16.8 Å². The number of aromatic nitrogens is 3. The Morgan fingerprint density at radius 3 is 2.76 bits per heavy atom. The van der Waals surface area contributed by atoms with E-state index in [0.717, 1.165) is 10.3 Å². The van der Waals surface area contributed by atoms with Crippen LogP contribution >= 0.6 is 0 Å². The number of aryl methyl sites for hydroxylation is 2. The fourth-order valence-corrected chi connectivity index (χ4v) is 1.59. The summed E-state index contributed by atoms with van der Waals surface area (Å²) in [4.78, 5) is 23.5. The fourth-order valence-electron chi connectivity index (χ4n) is 1.59. The molecule has 0 saturated carbocycles. The van der Waals surface area contributed by atoms with Gasteiger partial charge < -0.3 is 9.09 Å². The maximum absolute atomic E-state index is 11.9. The second kappa shape index (κ2) is 4.40. The average Bonchev–Trinajstić information content (AvgIpc) is 2.70. The molecule has 2 aromatic rings. The summed E-state index contributed by atoms with van der Waals surface area (Å²) in [7, 11) is 0. The van der Waals surface area contributed by atoms with Crippen molar-refractivity contribution in [3.8, 4) is 0 Å². The minimum Gasteiger partial charge on any atom is -0.359 e. The van der Waals surface area contributed by atoms with Crippen LogP contribution in [0.4, 0.5) is 0 Å². The number of hydrogen-bond acceptors (Lipinski definition) is 4. The standard InChI is InChI=1S/C11H13N3O3/c1-3-13-5-4-10(15)14(11(13)16)7-9-6-8(2)12-17-9/h4-6H,3,7H2,1-2H3. The van der Waals surface area contributed by atoms with E-state index in [4.69, 9.17) is 4.52 Å². The van der Waals surface area contributed by atoms with Crippen LogP contribution in [0, 0.1) is 6.92 Å². The number of nitrogens with zero attached hydrogens (tertiary/aromatic N) is 3. The van der Waals surface area contributed by atoms with Gasteiger partial charge in [-0.2, -0.15) is 0 Å². The molecular formula is C11H13N3O3. The highest BCUT2D eigenvalue weighted by molar-refractivity contribution is 5.04. The third kappa shape index (κ3) is 2.20. The Bertz CT molecular complexity index is 636. The molecular weight excluding hydrogens is 222 g/mol. The van der Waals surface area contributed by atoms with Crippen LogP contribution in [0.5, 0.6) is 0 Å². The Morgan fingerprint density at radius 1 is 1.41 bits per heavy atom. The van der Waals surface area contributed by atoms with Crippen molar-refractivity contribution >= 4 is 0 Å². The second-order valence-electron chi connectivity index (χ2n) is 3.74. The van der Waals surface area contributed by atoms with Crippen molar-refractivity contribution in [1.82, 2.24) is 14.3 Å². The third-order valence-corrected chi connectivity index (χ3v) is 2.47. The summed E-state index contributed by atoms with van der Waals surface area (Å²) in [6, 6.07) is 3.07. The SMILES string of the molecule is CCn1ccc(=O)n(Cc2cc(C)no2)c1=O. The first-order chi connectivity index (χ1) is 8.11. The summed E-state index contributed by atoms with van der Waals surface area (Å²) in [5, 5.41) is 3.72. The first-order valence-corrected chi connectivity index (χ1v) is 5.34. The van der Waals surface area contributed by atoms with E-state index in [1.54, 1.807) is 13.0 Å². The summed E-state index contributed by atoms with van der Waals surface area (Å²) < 4.78 is 7.59. The van der Waals surface area contributed by atoms with E-state index in [1.807, 2.05) is 6.92 Å². The van der Waals surface area contributed by atoms with E-state index >= 15 is 0 Å². The lowest BCUT2D eigenvalue weighted by Gasteiger charge is -2.05. The first-order valence-electron chi connectivity index (χ1n) is 5.34. The molecule has 0 fully saturated rings. The molecule has 2 rings (SSSR count). The van der Waals surface area contributed by atoms with Gasteiger partial charge in [0.2, 0.25) is 0 Å². The lowest BCUT2D eigenvalue weighted by molar-refractivity contribution is 0.368. The van der Waals surface area contributed by atoms with Crippen molar-refractivity contribution in [2.24, 2.45) is 0 Å². The van der Waals surface area contributed by atoms with Crippen LogP contribution in [0.2, 0.25) is 0 Å². The van der Waals surface area contributed by atoms with E-state index < -0.39 is 0 Å². The summed E-state index contributed by atoms with van der Waals surface area (Å²) in [6.45, 7) is 4.26. The molecule has 2 heterocycles. The molecule has 17 heavy (non-hydrogen) atoms. The molecule has 0 radical (unpaired) electrons. The molecule has 0 aliphatic heterocycles. The van der Waals surface area contributed by atoms with Crippen molar-refractivity contribution in [1.29, 1.82) is 0 Å². The highest BCUT2D eigenvalue weighted by Gasteiger charge is 2.08. The van der Waals surface area contributed by atoms with Gasteiger partial charge >= 0.3 is 5.69 Å². The smallest absolute Gasteiger partial charge is 0.331 e. The maximum atomic E-state index is 11.9. The van der Waals surface area contributed by atoms with Crippen LogP contribution in [-0.4, -0.2) is 14.3 Å². The monoisotopic (exact) mass is 235 g/mol. The third-order valence-electron chi connectivity index (χ3n) is 2.47. The van der Waals surface area contributed by atoms with Gasteiger partial charge in [0.25, 0.3) is 5.56 Å². The molecule has 0 N–H and O–H groups in total. The quantitative estimate of drug-likeness (QED) is 0.770. The summed E-state index contributed by atoms with van der Waals surface area (Å²) in [6.07, 6.45) is 1.49. The molecule has 6 heteroatoms. The van der Waals surface area contributed by atoms with Gasteiger partial charge in [-0.25, -0.2) is 4.79 Å². The molecule has 0 bridgehead atoms. The van der Waals surface area contributed by atoms with Crippen molar-refractivity contribution < 1.29 is 4.52 Å². The first kappa shape index (κ1) is 11.4. The molecule has 0 aromatic carbocycles. The van der Waals surface area contributed by atoms with Crippen molar-refractivity contribution in [3.05, 3.63) is 50.6 Å². The highest BCUT2D eigenvalue weighted by Crippen LogP contribution is 2.02. The second-order valence-corrected chi connectivity index (χ2v) is 3.74. The van der Waals surface area contributed by atoms with Crippen molar-refractivity contribution in [3.63, 3.8) is 0 Å². The fraction of sp³-hybridized carbons (Fsp3) is 0.364. The average molecular weight is 235 g/mol. The van der Waals surface area contributed by atoms with Gasteiger partial charge in [-0.05, 0) is 13.8 Å². The van der Waals surface area contributed by atoms with Crippen LogP contribution < -0.4 is 11.2 Å². The summed E-state index contributed by atoms with van der Waals surface area (Å²) in [5.41, 5.74) is 0.0441. The Morgan fingerprint density at radius 2 is 2.18 bits per heavy atom. The molecule has 0 saturated heterocycles. The molecule has 0 atom stereocenters. The molecule has 0 unspecified atom stereocenters. The van der Waals surface area contributed by atoms with E-state index in [-0.39, 0.29) is 17.8 Å². The lowest BCUT2D eigenvalue weighted by Crippen LogP contribution is -2.38. The largest absolute Gasteiger partial charge is 0.359 e. The van der Waals surface area contributed by atoms with E-state index in [9.17, 15) is 9.59 Å². The van der Waals surface area contributed by atoms with E-state index in [0.29, 0.717) is 12.3 Å². The van der Waals surface area contributed by atoms with Gasteiger partial charge in [0.05, 0.1) is 12.2 Å². The molecule has 0 aliphatic rings.